The molecular weight excluding hydrogens is 352 g/mol. The number of esters is 1. The van der Waals surface area contributed by atoms with Gasteiger partial charge in [0.15, 0.2) is 0 Å². The first-order valence-corrected chi connectivity index (χ1v) is 7.95. The number of methoxy groups -OCH3 is 1. The second kappa shape index (κ2) is 7.56. The largest absolute Gasteiger partial charge is 0.466 e. The molecule has 0 fully saturated rings. The van der Waals surface area contributed by atoms with Crippen LogP contribution >= 0.6 is 0 Å². The number of hydrogen-bond acceptors (Lipinski definition) is 5. The standard InChI is InChI=1S/C18H16N4O5/c1-27-16(24)14(19-15(23)12-8-4-2-5-9-12)22-18(26)21(17(25)20-22)13-10-6-3-7-11-13/h2-11,14H,1H3,(H,19,23)(H,20,25). The molecule has 2 N–H and O–H groups in total. The predicted octanol–water partition coefficient (Wildman–Crippen LogP) is 0.429. The normalized spacial score (nSPS) is 11.6. The van der Waals surface area contributed by atoms with Crippen LogP contribution < -0.4 is 16.7 Å². The Bertz CT molecular complexity index is 1070. The number of H-pyrrole nitrogens is 1. The van der Waals surface area contributed by atoms with E-state index in [1.807, 2.05) is 0 Å². The first-order valence-electron chi connectivity index (χ1n) is 7.95. The number of aromatic nitrogens is 3. The maximum absolute atomic E-state index is 12.7. The summed E-state index contributed by atoms with van der Waals surface area (Å²) >= 11 is 0. The van der Waals surface area contributed by atoms with Crippen LogP contribution in [0, 0.1) is 0 Å². The average Bonchev–Trinajstić information content (AvgIpc) is 3.00. The topological polar surface area (TPSA) is 115 Å². The van der Waals surface area contributed by atoms with Crippen molar-refractivity contribution in [2.24, 2.45) is 0 Å². The first-order chi connectivity index (χ1) is 13.0. The molecule has 0 saturated heterocycles. The average molecular weight is 368 g/mol. The number of nitrogens with one attached hydrogen (secondary N) is 2. The van der Waals surface area contributed by atoms with Crippen LogP contribution in [-0.4, -0.2) is 33.3 Å². The molecule has 3 rings (SSSR count). The number of carbonyl (C=O) groups is 2. The number of ether oxygens (including phenoxy) is 1. The van der Waals surface area contributed by atoms with Crippen LogP contribution in [0.25, 0.3) is 5.69 Å². The first kappa shape index (κ1) is 17.9. The Labute approximate surface area is 152 Å². The Morgan fingerprint density at radius 2 is 1.59 bits per heavy atom. The molecule has 1 aromatic heterocycles. The van der Waals surface area contributed by atoms with E-state index in [4.69, 9.17) is 0 Å². The minimum absolute atomic E-state index is 0.282. The van der Waals surface area contributed by atoms with Gasteiger partial charge in [0.05, 0.1) is 12.8 Å². The molecule has 0 saturated carbocycles. The molecule has 0 bridgehead atoms. The second-order valence-corrected chi connectivity index (χ2v) is 5.51. The van der Waals surface area contributed by atoms with Crippen LogP contribution in [0.2, 0.25) is 0 Å². The van der Waals surface area contributed by atoms with Gasteiger partial charge in [0.1, 0.15) is 0 Å². The number of amides is 1. The van der Waals surface area contributed by atoms with E-state index < -0.39 is 29.4 Å². The van der Waals surface area contributed by atoms with Gasteiger partial charge in [0.2, 0.25) is 6.17 Å². The van der Waals surface area contributed by atoms with Crippen LogP contribution in [0.15, 0.2) is 70.3 Å². The van der Waals surface area contributed by atoms with E-state index in [9.17, 15) is 19.2 Å². The molecule has 9 heteroatoms. The predicted molar refractivity (Wildman–Crippen MR) is 95.6 cm³/mol. The Morgan fingerprint density at radius 3 is 2.19 bits per heavy atom. The molecule has 0 aliphatic carbocycles. The van der Waals surface area contributed by atoms with Crippen molar-refractivity contribution in [2.45, 2.75) is 6.17 Å². The number of para-hydroxylation sites is 1. The number of rotatable bonds is 5. The van der Waals surface area contributed by atoms with E-state index in [2.05, 4.69) is 15.2 Å². The highest BCUT2D eigenvalue weighted by atomic mass is 16.5. The monoisotopic (exact) mass is 368 g/mol. The maximum Gasteiger partial charge on any atom is 0.354 e. The van der Waals surface area contributed by atoms with Gasteiger partial charge in [-0.15, -0.1) is 0 Å². The fourth-order valence-electron chi connectivity index (χ4n) is 2.51. The van der Waals surface area contributed by atoms with Crippen LogP contribution in [-0.2, 0) is 9.53 Å². The van der Waals surface area contributed by atoms with Crippen LogP contribution in [0.5, 0.6) is 0 Å². The highest BCUT2D eigenvalue weighted by molar-refractivity contribution is 5.96. The summed E-state index contributed by atoms with van der Waals surface area (Å²) in [6.45, 7) is 0. The third-order valence-electron chi connectivity index (χ3n) is 3.82. The van der Waals surface area contributed by atoms with Crippen molar-refractivity contribution in [1.29, 1.82) is 0 Å². The smallest absolute Gasteiger partial charge is 0.354 e. The molecule has 1 amide bonds. The molecule has 138 valence electrons. The fraction of sp³-hybridized carbons (Fsp3) is 0.111. The van der Waals surface area contributed by atoms with Gasteiger partial charge in [-0.2, -0.15) is 4.68 Å². The molecule has 0 aliphatic rings. The third-order valence-corrected chi connectivity index (χ3v) is 3.82. The second-order valence-electron chi connectivity index (χ2n) is 5.51. The molecule has 0 radical (unpaired) electrons. The summed E-state index contributed by atoms with van der Waals surface area (Å²) in [6.07, 6.45) is -1.53. The summed E-state index contributed by atoms with van der Waals surface area (Å²) in [5.74, 6) is -1.52. The van der Waals surface area contributed by atoms with E-state index in [0.717, 1.165) is 16.4 Å². The van der Waals surface area contributed by atoms with E-state index in [1.54, 1.807) is 60.7 Å². The van der Waals surface area contributed by atoms with Crippen molar-refractivity contribution in [2.75, 3.05) is 7.11 Å². The van der Waals surface area contributed by atoms with Crippen molar-refractivity contribution in [3.8, 4) is 5.69 Å². The van der Waals surface area contributed by atoms with Crippen molar-refractivity contribution in [3.63, 3.8) is 0 Å². The van der Waals surface area contributed by atoms with Gasteiger partial charge in [-0.1, -0.05) is 36.4 Å². The zero-order chi connectivity index (χ0) is 19.4. The minimum Gasteiger partial charge on any atom is -0.466 e. The maximum atomic E-state index is 12.7. The van der Waals surface area contributed by atoms with Gasteiger partial charge < -0.3 is 10.1 Å². The lowest BCUT2D eigenvalue weighted by Crippen LogP contribution is -2.43. The summed E-state index contributed by atoms with van der Waals surface area (Å²) in [5, 5.41) is 4.68. The quantitative estimate of drug-likeness (QED) is 0.634. The van der Waals surface area contributed by atoms with E-state index >= 15 is 0 Å². The van der Waals surface area contributed by atoms with Crippen molar-refractivity contribution >= 4 is 11.9 Å². The van der Waals surface area contributed by atoms with E-state index in [-0.39, 0.29) is 5.56 Å². The van der Waals surface area contributed by atoms with Crippen LogP contribution in [0.3, 0.4) is 0 Å². The Morgan fingerprint density at radius 1 is 1.00 bits per heavy atom. The van der Waals surface area contributed by atoms with Gasteiger partial charge in [0.25, 0.3) is 5.91 Å². The summed E-state index contributed by atoms with van der Waals surface area (Å²) in [7, 11) is 1.11. The highest BCUT2D eigenvalue weighted by Crippen LogP contribution is 2.06. The van der Waals surface area contributed by atoms with Gasteiger partial charge >= 0.3 is 17.3 Å². The molecular formula is C18H16N4O5. The Hall–Kier alpha value is -3.88. The summed E-state index contributed by atoms with van der Waals surface area (Å²) in [6, 6.07) is 16.3. The van der Waals surface area contributed by atoms with Crippen molar-refractivity contribution in [1.82, 2.24) is 19.7 Å². The molecule has 1 unspecified atom stereocenters. The van der Waals surface area contributed by atoms with E-state index in [0.29, 0.717) is 5.69 Å². The summed E-state index contributed by atoms with van der Waals surface area (Å²) in [4.78, 5) is 49.5. The highest BCUT2D eigenvalue weighted by Gasteiger charge is 2.28. The van der Waals surface area contributed by atoms with Crippen molar-refractivity contribution in [3.05, 3.63) is 87.2 Å². The zero-order valence-corrected chi connectivity index (χ0v) is 14.3. The lowest BCUT2D eigenvalue weighted by molar-refractivity contribution is -0.145. The van der Waals surface area contributed by atoms with Gasteiger partial charge in [-0.05, 0) is 24.3 Å². The SMILES string of the molecule is COC(=O)C(NC(=O)c1ccccc1)n1[nH]c(=O)n(-c2ccccc2)c1=O. The molecule has 1 heterocycles. The Balaban J connectivity index is 2.02. The third kappa shape index (κ3) is 3.56. The van der Waals surface area contributed by atoms with Gasteiger partial charge in [-0.25, -0.2) is 24.0 Å². The molecule has 2 aromatic carbocycles. The number of aromatic amines is 1. The van der Waals surface area contributed by atoms with Gasteiger partial charge in [0, 0.05) is 5.56 Å². The molecule has 27 heavy (non-hydrogen) atoms. The summed E-state index contributed by atoms with van der Waals surface area (Å²) in [5.41, 5.74) is -0.978. The van der Waals surface area contributed by atoms with Crippen molar-refractivity contribution < 1.29 is 14.3 Å². The minimum atomic E-state index is -1.53. The fourth-order valence-corrected chi connectivity index (χ4v) is 2.51. The molecule has 1 atom stereocenters. The molecule has 0 aliphatic heterocycles. The summed E-state index contributed by atoms with van der Waals surface area (Å²) < 4.78 is 6.24. The zero-order valence-electron chi connectivity index (χ0n) is 14.3. The van der Waals surface area contributed by atoms with E-state index in [1.165, 1.54) is 0 Å². The molecule has 0 spiro atoms. The number of carbonyl (C=O) groups excluding carboxylic acids is 2. The Kier molecular flexibility index (Phi) is 5.02. The van der Waals surface area contributed by atoms with Crippen LogP contribution in [0.4, 0.5) is 0 Å². The lowest BCUT2D eigenvalue weighted by atomic mass is 10.2. The number of benzene rings is 2. The van der Waals surface area contributed by atoms with Gasteiger partial charge in [-0.3, -0.25) is 4.79 Å². The number of hydrogen-bond donors (Lipinski definition) is 2. The molecule has 9 nitrogen and oxygen atoms in total. The number of nitrogens with zero attached hydrogens (tertiary/aromatic N) is 2. The van der Waals surface area contributed by atoms with Crippen LogP contribution in [0.1, 0.15) is 16.5 Å². The lowest BCUT2D eigenvalue weighted by Gasteiger charge is -2.16. The molecule has 3 aromatic rings.